The summed E-state index contributed by atoms with van der Waals surface area (Å²) in [7, 11) is 0. The van der Waals surface area contributed by atoms with Crippen LogP contribution in [0, 0.1) is 23.2 Å². The van der Waals surface area contributed by atoms with Crippen molar-refractivity contribution in [3.05, 3.63) is 59.5 Å². The minimum Gasteiger partial charge on any atom is -0.373 e. The number of aromatic nitrogens is 2. The number of halogens is 3. The quantitative estimate of drug-likeness (QED) is 0.275. The van der Waals surface area contributed by atoms with Gasteiger partial charge in [-0.15, -0.1) is 0 Å². The Morgan fingerprint density at radius 2 is 1.90 bits per heavy atom. The molecule has 10 heteroatoms. The van der Waals surface area contributed by atoms with Gasteiger partial charge in [-0.2, -0.15) is 18.4 Å². The standard InChI is InChI=1S/C29H33F3N6S/c1-28(2,19-33)27-9-7-24(18-36-27)34-12-4-5-25-16-22-15-21(6-8-26(22)38(25)20-29(30,31)32)17-35-23-10-13-37(39-3)14-11-23/h6-9,15-16,18,23,34-35H,10-14,17,20H2,1-3H3. The van der Waals surface area contributed by atoms with Gasteiger partial charge in [0.2, 0.25) is 0 Å². The van der Waals surface area contributed by atoms with Crippen LogP contribution in [-0.4, -0.2) is 52.0 Å². The smallest absolute Gasteiger partial charge is 0.373 e. The molecule has 1 aromatic carbocycles. The third-order valence-corrected chi connectivity index (χ3v) is 7.77. The van der Waals surface area contributed by atoms with Crippen LogP contribution in [0.25, 0.3) is 10.9 Å². The highest BCUT2D eigenvalue weighted by Gasteiger charge is 2.29. The number of benzene rings is 1. The van der Waals surface area contributed by atoms with Gasteiger partial charge in [0, 0.05) is 36.6 Å². The van der Waals surface area contributed by atoms with Crippen molar-refractivity contribution in [2.45, 2.75) is 57.4 Å². The van der Waals surface area contributed by atoms with Crippen LogP contribution in [0.3, 0.4) is 0 Å². The minimum absolute atomic E-state index is 0.237. The van der Waals surface area contributed by atoms with Crippen LogP contribution in [0.4, 0.5) is 18.9 Å². The molecule has 2 N–H and O–H groups in total. The number of pyridine rings is 1. The van der Waals surface area contributed by atoms with E-state index >= 15 is 0 Å². The lowest BCUT2D eigenvalue weighted by Gasteiger charge is -2.30. The molecule has 1 aliphatic rings. The number of rotatable bonds is 8. The third-order valence-electron chi connectivity index (χ3n) is 6.89. The number of piperidine rings is 1. The zero-order chi connectivity index (χ0) is 28.0. The lowest BCUT2D eigenvalue weighted by molar-refractivity contribution is -0.140. The SMILES string of the molecule is CSN1CCC(NCc2ccc3c(c2)cc(C#CCNc2ccc(C(C)(C)C#N)nc2)n3CC(F)(F)F)CC1. The highest BCUT2D eigenvalue weighted by molar-refractivity contribution is 7.96. The van der Waals surface area contributed by atoms with Crippen molar-refractivity contribution in [2.75, 3.05) is 31.2 Å². The second kappa shape index (κ2) is 12.3. The number of alkyl halides is 3. The molecule has 0 saturated carbocycles. The molecular weight excluding hydrogens is 521 g/mol. The summed E-state index contributed by atoms with van der Waals surface area (Å²) >= 11 is 1.77. The molecule has 0 bridgehead atoms. The first-order chi connectivity index (χ1) is 18.6. The molecule has 2 aromatic heterocycles. The van der Waals surface area contributed by atoms with Gasteiger partial charge in [0.15, 0.2) is 0 Å². The minimum atomic E-state index is -4.36. The van der Waals surface area contributed by atoms with Crippen molar-refractivity contribution in [1.29, 1.82) is 5.26 Å². The van der Waals surface area contributed by atoms with Gasteiger partial charge in [-0.3, -0.25) is 9.29 Å². The molecule has 0 aliphatic carbocycles. The summed E-state index contributed by atoms with van der Waals surface area (Å²) in [5, 5.41) is 16.7. The first-order valence-corrected chi connectivity index (χ1v) is 14.1. The van der Waals surface area contributed by atoms with Gasteiger partial charge in [0.1, 0.15) is 6.54 Å². The molecule has 3 aromatic rings. The van der Waals surface area contributed by atoms with Gasteiger partial charge in [0.05, 0.1) is 41.3 Å². The summed E-state index contributed by atoms with van der Waals surface area (Å²) in [4.78, 5) is 4.33. The zero-order valence-corrected chi connectivity index (χ0v) is 23.2. The lowest BCUT2D eigenvalue weighted by Crippen LogP contribution is -2.39. The molecule has 39 heavy (non-hydrogen) atoms. The van der Waals surface area contributed by atoms with E-state index < -0.39 is 18.1 Å². The molecule has 0 amide bonds. The monoisotopic (exact) mass is 554 g/mol. The van der Waals surface area contributed by atoms with Crippen LogP contribution in [0.15, 0.2) is 42.6 Å². The van der Waals surface area contributed by atoms with Gasteiger partial charge in [0.25, 0.3) is 0 Å². The van der Waals surface area contributed by atoms with Gasteiger partial charge >= 0.3 is 6.18 Å². The largest absolute Gasteiger partial charge is 0.406 e. The van der Waals surface area contributed by atoms with Crippen molar-refractivity contribution < 1.29 is 13.2 Å². The van der Waals surface area contributed by atoms with Gasteiger partial charge in [-0.1, -0.05) is 23.9 Å². The van der Waals surface area contributed by atoms with Crippen molar-refractivity contribution >= 4 is 28.5 Å². The molecular formula is C29H33F3N6S. The molecule has 206 valence electrons. The fourth-order valence-electron chi connectivity index (χ4n) is 4.59. The average Bonchev–Trinajstić information content (AvgIpc) is 3.25. The maximum Gasteiger partial charge on any atom is 0.406 e. The second-order valence-electron chi connectivity index (χ2n) is 10.2. The number of anilines is 1. The van der Waals surface area contributed by atoms with Crippen LogP contribution in [0.5, 0.6) is 0 Å². The average molecular weight is 555 g/mol. The highest BCUT2D eigenvalue weighted by Crippen LogP contribution is 2.27. The topological polar surface area (TPSA) is 68.9 Å². The van der Waals surface area contributed by atoms with E-state index in [1.54, 1.807) is 50.2 Å². The second-order valence-corrected chi connectivity index (χ2v) is 11.1. The Labute approximate surface area is 232 Å². The van der Waals surface area contributed by atoms with Gasteiger partial charge < -0.3 is 15.2 Å². The van der Waals surface area contributed by atoms with E-state index in [9.17, 15) is 18.4 Å². The van der Waals surface area contributed by atoms with E-state index in [4.69, 9.17) is 0 Å². The normalized spacial score (nSPS) is 15.1. The molecule has 4 rings (SSSR count). The van der Waals surface area contributed by atoms with Crippen LogP contribution in [0.1, 0.15) is 43.6 Å². The summed E-state index contributed by atoms with van der Waals surface area (Å²) in [6.45, 7) is 5.51. The maximum absolute atomic E-state index is 13.4. The fraction of sp³-hybridized carbons (Fsp3) is 0.448. The number of nitriles is 1. The zero-order valence-electron chi connectivity index (χ0n) is 22.4. The predicted octanol–water partition coefficient (Wildman–Crippen LogP) is 5.70. The van der Waals surface area contributed by atoms with E-state index in [2.05, 4.69) is 44.1 Å². The number of fused-ring (bicyclic) bond motifs is 1. The predicted molar refractivity (Wildman–Crippen MR) is 151 cm³/mol. The molecule has 1 saturated heterocycles. The molecule has 6 nitrogen and oxygen atoms in total. The summed E-state index contributed by atoms with van der Waals surface area (Å²) < 4.78 is 43.8. The van der Waals surface area contributed by atoms with E-state index in [0.29, 0.717) is 35.2 Å². The maximum atomic E-state index is 13.4. The molecule has 3 heterocycles. The Morgan fingerprint density at radius 1 is 1.13 bits per heavy atom. The van der Waals surface area contributed by atoms with E-state index in [-0.39, 0.29) is 6.54 Å². The first-order valence-electron chi connectivity index (χ1n) is 12.9. The van der Waals surface area contributed by atoms with Crippen LogP contribution >= 0.6 is 11.9 Å². The van der Waals surface area contributed by atoms with Crippen LogP contribution in [-0.2, 0) is 18.5 Å². The molecule has 1 fully saturated rings. The van der Waals surface area contributed by atoms with Crippen molar-refractivity contribution in [3.63, 3.8) is 0 Å². The van der Waals surface area contributed by atoms with Crippen LogP contribution < -0.4 is 10.6 Å². The molecule has 0 unspecified atom stereocenters. The highest BCUT2D eigenvalue weighted by atomic mass is 32.2. The fourth-order valence-corrected chi connectivity index (χ4v) is 5.17. The number of hydrogen-bond donors (Lipinski definition) is 2. The number of hydrogen-bond acceptors (Lipinski definition) is 6. The van der Waals surface area contributed by atoms with Crippen molar-refractivity contribution in [3.8, 4) is 17.9 Å². The molecule has 0 atom stereocenters. The lowest BCUT2D eigenvalue weighted by atomic mass is 9.91. The van der Waals surface area contributed by atoms with Crippen molar-refractivity contribution in [2.24, 2.45) is 0 Å². The summed E-state index contributed by atoms with van der Waals surface area (Å²) in [5.41, 5.74) is 2.56. The Morgan fingerprint density at radius 3 is 2.54 bits per heavy atom. The Bertz CT molecular complexity index is 1370. The van der Waals surface area contributed by atoms with Crippen molar-refractivity contribution in [1.82, 2.24) is 19.2 Å². The molecule has 0 radical (unpaired) electrons. The first kappa shape index (κ1) is 28.8. The van der Waals surface area contributed by atoms with E-state index in [1.807, 2.05) is 18.2 Å². The number of nitrogens with one attached hydrogen (secondary N) is 2. The Kier molecular flexibility index (Phi) is 9.12. The Hall–Kier alpha value is -3.18. The third kappa shape index (κ3) is 7.69. The molecule has 1 aliphatic heterocycles. The van der Waals surface area contributed by atoms with E-state index in [0.717, 1.165) is 36.9 Å². The molecule has 0 spiro atoms. The summed E-state index contributed by atoms with van der Waals surface area (Å²) in [5.74, 6) is 5.85. The summed E-state index contributed by atoms with van der Waals surface area (Å²) in [6.07, 6.45) is 1.52. The van der Waals surface area contributed by atoms with Crippen LogP contribution in [0.2, 0.25) is 0 Å². The Balaban J connectivity index is 1.45. The van der Waals surface area contributed by atoms with Gasteiger partial charge in [-0.25, -0.2) is 0 Å². The van der Waals surface area contributed by atoms with E-state index in [1.165, 1.54) is 4.57 Å². The summed E-state index contributed by atoms with van der Waals surface area (Å²) in [6, 6.07) is 13.6. The number of nitrogens with zero attached hydrogens (tertiary/aromatic N) is 4. The van der Waals surface area contributed by atoms with Gasteiger partial charge in [-0.05, 0) is 74.8 Å².